The number of rotatable bonds is 0. The number of hydrogen-bond donors (Lipinski definition) is 1. The van der Waals surface area contributed by atoms with E-state index in [4.69, 9.17) is 0 Å². The van der Waals surface area contributed by atoms with E-state index in [1.807, 2.05) is 11.6 Å². The Morgan fingerprint density at radius 1 is 1.57 bits per heavy atom. The maximum atomic E-state index is 9.96. The third-order valence-electron chi connectivity index (χ3n) is 0.521. The zero-order chi connectivity index (χ0) is 5.28. The molecule has 4 heteroatoms. The van der Waals surface area contributed by atoms with Crippen LogP contribution >= 0.6 is 0 Å². The van der Waals surface area contributed by atoms with E-state index in [9.17, 15) is 9.59 Å². The summed E-state index contributed by atoms with van der Waals surface area (Å²) in [6.45, 7) is 0. The van der Waals surface area contributed by atoms with E-state index >= 15 is 0 Å². The molecule has 0 aliphatic carbocycles. The van der Waals surface area contributed by atoms with Gasteiger partial charge in [-0.3, -0.25) is 9.59 Å². The zero-order valence-corrected chi connectivity index (χ0v) is 3.26. The summed E-state index contributed by atoms with van der Waals surface area (Å²) in [4.78, 5) is 19.9. The molecule has 0 fully saturated rings. The van der Waals surface area contributed by atoms with Gasteiger partial charge in [0.25, 0.3) is 5.78 Å². The molecule has 1 radical (unpaired) electrons. The quantitative estimate of drug-likeness (QED) is 0.376. The van der Waals surface area contributed by atoms with Gasteiger partial charge < -0.3 is 0 Å². The monoisotopic (exact) mass is 97.0 g/mol. The van der Waals surface area contributed by atoms with Gasteiger partial charge in [0.1, 0.15) is 0 Å². The van der Waals surface area contributed by atoms with Gasteiger partial charge in [-0.15, -0.1) is 0 Å². The molecule has 0 unspecified atom stereocenters. The van der Waals surface area contributed by atoms with Crippen LogP contribution in [0.15, 0.2) is 5.10 Å². The summed E-state index contributed by atoms with van der Waals surface area (Å²) in [5.41, 5.74) is 1.89. The number of hydrogen-bond acceptors (Lipinski definition) is 3. The molecular formula is C3HN2O2. The van der Waals surface area contributed by atoms with E-state index in [1.54, 1.807) is 0 Å². The highest BCUT2D eigenvalue weighted by molar-refractivity contribution is 6.60. The van der Waals surface area contributed by atoms with Crippen LogP contribution in [0.3, 0.4) is 0 Å². The molecule has 4 nitrogen and oxygen atoms in total. The van der Waals surface area contributed by atoms with Crippen molar-refractivity contribution in [3.63, 3.8) is 0 Å². The Labute approximate surface area is 39.2 Å². The van der Waals surface area contributed by atoms with Crippen molar-refractivity contribution in [3.8, 4) is 0 Å². The highest BCUT2D eigenvalue weighted by Crippen LogP contribution is 1.75. The summed E-state index contributed by atoms with van der Waals surface area (Å²) in [6, 6.07) is 0. The van der Waals surface area contributed by atoms with Crippen molar-refractivity contribution < 1.29 is 9.59 Å². The first kappa shape index (κ1) is 3.98. The number of amides is 1. The number of nitrogens with one attached hydrogen (secondary N) is 1. The van der Waals surface area contributed by atoms with Crippen molar-refractivity contribution in [3.05, 3.63) is 0 Å². The van der Waals surface area contributed by atoms with Crippen LogP contribution in [0, 0.1) is 0 Å². The molecule has 0 saturated carbocycles. The SMILES string of the molecule is O=C1[C]=NNC1=O. The van der Waals surface area contributed by atoms with Crippen molar-refractivity contribution in [1.29, 1.82) is 0 Å². The Balaban J connectivity index is 2.81. The summed E-state index contributed by atoms with van der Waals surface area (Å²) >= 11 is 0. The average molecular weight is 97.1 g/mol. The first-order chi connectivity index (χ1) is 3.30. The summed E-state index contributed by atoms with van der Waals surface area (Å²) in [5, 5.41) is 3.05. The van der Waals surface area contributed by atoms with Crippen LogP contribution in [0.25, 0.3) is 0 Å². The van der Waals surface area contributed by atoms with Gasteiger partial charge in [0.05, 0.1) is 0 Å². The number of Topliss-reactive ketones (excluding diaryl/α,β-unsaturated/α-hetero) is 1. The van der Waals surface area contributed by atoms with Crippen molar-refractivity contribution >= 4 is 17.9 Å². The van der Waals surface area contributed by atoms with E-state index in [0.717, 1.165) is 0 Å². The Kier molecular flexibility index (Phi) is 0.651. The lowest BCUT2D eigenvalue weighted by atomic mass is 10.4. The van der Waals surface area contributed by atoms with Crippen LogP contribution in [-0.4, -0.2) is 17.9 Å². The highest BCUT2D eigenvalue weighted by atomic mass is 16.2. The third-order valence-corrected chi connectivity index (χ3v) is 0.521. The van der Waals surface area contributed by atoms with Gasteiger partial charge in [0, 0.05) is 0 Å². The Morgan fingerprint density at radius 2 is 2.29 bits per heavy atom. The molecule has 0 saturated heterocycles. The lowest BCUT2D eigenvalue weighted by Gasteiger charge is -1.75. The minimum Gasteiger partial charge on any atom is -0.281 e. The second-order valence-electron chi connectivity index (χ2n) is 0.994. The van der Waals surface area contributed by atoms with Gasteiger partial charge in [-0.2, -0.15) is 5.10 Å². The molecule has 7 heavy (non-hydrogen) atoms. The molecule has 1 aliphatic heterocycles. The van der Waals surface area contributed by atoms with Gasteiger partial charge >= 0.3 is 5.91 Å². The van der Waals surface area contributed by atoms with E-state index in [1.165, 1.54) is 0 Å². The fourth-order valence-electron chi connectivity index (χ4n) is 0.231. The van der Waals surface area contributed by atoms with Gasteiger partial charge in [0.15, 0.2) is 6.21 Å². The molecule has 1 aliphatic rings. The second-order valence-corrected chi connectivity index (χ2v) is 0.994. The molecule has 1 heterocycles. The molecule has 0 aromatic rings. The Hall–Kier alpha value is -1.19. The van der Waals surface area contributed by atoms with Crippen LogP contribution in [0.4, 0.5) is 0 Å². The smallest absolute Gasteiger partial charge is 0.281 e. The minimum absolute atomic E-state index is 0.708. The lowest BCUT2D eigenvalue weighted by molar-refractivity contribution is -0.133. The second kappa shape index (κ2) is 1.14. The number of nitrogens with zero attached hydrogens (tertiary/aromatic N) is 1. The average Bonchev–Trinajstić information content (AvgIpc) is 1.91. The van der Waals surface area contributed by atoms with Gasteiger partial charge in [-0.05, 0) is 0 Å². The summed E-state index contributed by atoms with van der Waals surface area (Å²) in [6.07, 6.45) is 1.89. The summed E-state index contributed by atoms with van der Waals surface area (Å²) < 4.78 is 0. The Bertz CT molecular complexity index is 149. The minimum atomic E-state index is -0.708. The van der Waals surface area contributed by atoms with Crippen LogP contribution in [0.2, 0.25) is 0 Å². The summed E-state index contributed by atoms with van der Waals surface area (Å²) in [5.74, 6) is -1.42. The fourth-order valence-corrected chi connectivity index (χ4v) is 0.231. The molecular weight excluding hydrogens is 96.0 g/mol. The standard InChI is InChI=1S/C3HN2O2/c6-2-1-4-5-3(2)7/h(H,5,6,7). The van der Waals surface area contributed by atoms with Crippen LogP contribution in [0.1, 0.15) is 0 Å². The van der Waals surface area contributed by atoms with Crippen molar-refractivity contribution in [2.75, 3.05) is 0 Å². The number of carbonyl (C=O) groups is 2. The topological polar surface area (TPSA) is 58.5 Å². The van der Waals surface area contributed by atoms with Crippen molar-refractivity contribution in [1.82, 2.24) is 5.43 Å². The molecule has 0 aromatic heterocycles. The molecule has 1 N–H and O–H groups in total. The predicted octanol–water partition coefficient (Wildman–Crippen LogP) is -1.45. The first-order valence-corrected chi connectivity index (χ1v) is 1.61. The normalized spacial score (nSPS) is 17.7. The number of ketones is 1. The van der Waals surface area contributed by atoms with Crippen LogP contribution in [0.5, 0.6) is 0 Å². The molecule has 0 atom stereocenters. The third kappa shape index (κ3) is 0.489. The van der Waals surface area contributed by atoms with Crippen molar-refractivity contribution in [2.24, 2.45) is 5.10 Å². The Morgan fingerprint density at radius 3 is 2.43 bits per heavy atom. The molecule has 1 amide bonds. The lowest BCUT2D eigenvalue weighted by Crippen LogP contribution is -2.18. The van der Waals surface area contributed by atoms with E-state index < -0.39 is 11.7 Å². The van der Waals surface area contributed by atoms with E-state index in [2.05, 4.69) is 5.10 Å². The van der Waals surface area contributed by atoms with E-state index in [0.29, 0.717) is 0 Å². The summed E-state index contributed by atoms with van der Waals surface area (Å²) in [7, 11) is 0. The first-order valence-electron chi connectivity index (χ1n) is 1.61. The number of carbonyl (C=O) groups excluding carboxylic acids is 2. The van der Waals surface area contributed by atoms with E-state index in [-0.39, 0.29) is 0 Å². The molecule has 1 rings (SSSR count). The molecule has 35 valence electrons. The van der Waals surface area contributed by atoms with Crippen molar-refractivity contribution in [2.45, 2.75) is 0 Å². The fraction of sp³-hybridized carbons (Fsp3) is 0. The maximum Gasteiger partial charge on any atom is 0.314 e. The van der Waals surface area contributed by atoms with Gasteiger partial charge in [-0.1, -0.05) is 0 Å². The molecule has 0 spiro atoms. The zero-order valence-electron chi connectivity index (χ0n) is 3.26. The molecule has 0 bridgehead atoms. The highest BCUT2D eigenvalue weighted by Gasteiger charge is 2.15. The van der Waals surface area contributed by atoms with Crippen LogP contribution < -0.4 is 5.43 Å². The van der Waals surface area contributed by atoms with Gasteiger partial charge in [-0.25, -0.2) is 5.43 Å². The van der Waals surface area contributed by atoms with Crippen LogP contribution in [-0.2, 0) is 9.59 Å². The molecule has 0 aromatic carbocycles. The largest absolute Gasteiger partial charge is 0.314 e. The van der Waals surface area contributed by atoms with Gasteiger partial charge in [0.2, 0.25) is 0 Å². The number of hydrazone groups is 1. The maximum absolute atomic E-state index is 9.96. The predicted molar refractivity (Wildman–Crippen MR) is 20.6 cm³/mol.